The van der Waals surface area contributed by atoms with Crippen molar-refractivity contribution in [3.05, 3.63) is 11.6 Å². The lowest BCUT2D eigenvalue weighted by atomic mass is 9.33. The third-order valence-corrected chi connectivity index (χ3v) is 14.0. The van der Waals surface area contributed by atoms with Gasteiger partial charge >= 0.3 is 11.9 Å². The second-order valence-corrected chi connectivity index (χ2v) is 15.7. The van der Waals surface area contributed by atoms with Crippen LogP contribution in [0.2, 0.25) is 0 Å². The number of hydrogen-bond donors (Lipinski definition) is 0. The van der Waals surface area contributed by atoms with Crippen LogP contribution in [0.3, 0.4) is 0 Å². The van der Waals surface area contributed by atoms with Gasteiger partial charge in [0.2, 0.25) is 0 Å². The topological polar surface area (TPSA) is 52.6 Å². The molecule has 0 radical (unpaired) electrons. The van der Waals surface area contributed by atoms with Crippen molar-refractivity contribution in [1.29, 1.82) is 0 Å². The standard InChI is InChI=1S/C34H54O4/c1-21-12-17-34(20-37-23(3)35)19-18-32(8)25(29(34)22(21)2)10-11-27-31(7)15-14-28(38-24(4)36)30(5,6)26(31)13-16-33(27,32)9/h10,21-22,26-29H,11-20H2,1-9H3/t21-,22+,26+,27-,28+,29+,31+,32-,33-,34-/m1/s1. The molecule has 5 rings (SSSR count). The van der Waals surface area contributed by atoms with Crippen LogP contribution in [0.1, 0.15) is 120 Å². The molecular formula is C34H54O4. The number of carbonyl (C=O) groups is 2. The molecule has 0 aromatic carbocycles. The Morgan fingerprint density at radius 1 is 0.868 bits per heavy atom. The number of ether oxygens (including phenoxy) is 2. The highest BCUT2D eigenvalue weighted by Crippen LogP contribution is 2.75. The SMILES string of the molecule is CC(=O)OC[C@]12CC[C@@H](C)[C@H](C)[C@H]1C1=CC[C@@H]3[C@@]4(C)CC[C@H](OC(C)=O)C(C)(C)[C@@H]4CC[C@@]3(C)[C@]1(C)CC2. The van der Waals surface area contributed by atoms with Crippen LogP contribution in [0.25, 0.3) is 0 Å². The number of esters is 2. The van der Waals surface area contributed by atoms with Crippen molar-refractivity contribution in [2.24, 2.45) is 56.7 Å². The van der Waals surface area contributed by atoms with Crippen molar-refractivity contribution >= 4 is 11.9 Å². The maximum absolute atomic E-state index is 11.9. The lowest BCUT2D eigenvalue weighted by Crippen LogP contribution is -2.65. The van der Waals surface area contributed by atoms with E-state index in [9.17, 15) is 9.59 Å². The predicted molar refractivity (Wildman–Crippen MR) is 151 cm³/mol. The van der Waals surface area contributed by atoms with E-state index in [0.717, 1.165) is 25.7 Å². The van der Waals surface area contributed by atoms with Gasteiger partial charge in [0.05, 0.1) is 6.61 Å². The number of rotatable bonds is 3. The van der Waals surface area contributed by atoms with Crippen molar-refractivity contribution < 1.29 is 19.1 Å². The van der Waals surface area contributed by atoms with Crippen LogP contribution in [-0.2, 0) is 19.1 Å². The summed E-state index contributed by atoms with van der Waals surface area (Å²) < 4.78 is 11.7. The van der Waals surface area contributed by atoms with Gasteiger partial charge in [-0.15, -0.1) is 0 Å². The molecule has 0 unspecified atom stereocenters. The van der Waals surface area contributed by atoms with E-state index in [1.165, 1.54) is 32.1 Å². The summed E-state index contributed by atoms with van der Waals surface area (Å²) in [6.07, 6.45) is 13.2. The van der Waals surface area contributed by atoms with Gasteiger partial charge in [-0.3, -0.25) is 9.59 Å². The minimum Gasteiger partial charge on any atom is -0.465 e. The average molecular weight is 527 g/mol. The Balaban J connectivity index is 1.54. The molecule has 4 nitrogen and oxygen atoms in total. The largest absolute Gasteiger partial charge is 0.465 e. The van der Waals surface area contributed by atoms with E-state index < -0.39 is 0 Å². The van der Waals surface area contributed by atoms with Crippen molar-refractivity contribution in [2.45, 2.75) is 126 Å². The number of fused-ring (bicyclic) bond motifs is 7. The first kappa shape index (κ1) is 28.2. The van der Waals surface area contributed by atoms with E-state index in [0.29, 0.717) is 36.2 Å². The second-order valence-electron chi connectivity index (χ2n) is 15.7. The van der Waals surface area contributed by atoms with Crippen LogP contribution in [0.5, 0.6) is 0 Å². The minimum absolute atomic E-state index is 0.00996. The molecule has 0 bridgehead atoms. The quantitative estimate of drug-likeness (QED) is 0.275. The summed E-state index contributed by atoms with van der Waals surface area (Å²) in [7, 11) is 0. The molecule has 0 saturated heterocycles. The molecular weight excluding hydrogens is 472 g/mol. The highest BCUT2D eigenvalue weighted by Gasteiger charge is 2.69. The van der Waals surface area contributed by atoms with Crippen LogP contribution < -0.4 is 0 Å². The number of allylic oxidation sites excluding steroid dienone is 2. The first-order chi connectivity index (χ1) is 17.6. The zero-order chi connectivity index (χ0) is 27.9. The Kier molecular flexibility index (Phi) is 6.76. The van der Waals surface area contributed by atoms with E-state index in [-0.39, 0.29) is 45.1 Å². The van der Waals surface area contributed by atoms with E-state index in [1.54, 1.807) is 19.4 Å². The van der Waals surface area contributed by atoms with Crippen LogP contribution in [-0.4, -0.2) is 24.6 Å². The fraction of sp³-hybridized carbons (Fsp3) is 0.882. The van der Waals surface area contributed by atoms with Gasteiger partial charge < -0.3 is 9.47 Å². The maximum Gasteiger partial charge on any atom is 0.302 e. The maximum atomic E-state index is 11.9. The van der Waals surface area contributed by atoms with E-state index in [2.05, 4.69) is 54.5 Å². The van der Waals surface area contributed by atoms with Gasteiger partial charge in [-0.1, -0.05) is 60.1 Å². The fourth-order valence-corrected chi connectivity index (χ4v) is 11.5. The van der Waals surface area contributed by atoms with Gasteiger partial charge in [-0.2, -0.15) is 0 Å². The zero-order valence-electron chi connectivity index (χ0n) is 25.7. The van der Waals surface area contributed by atoms with Gasteiger partial charge in [0.1, 0.15) is 6.10 Å². The molecule has 38 heavy (non-hydrogen) atoms. The highest BCUT2D eigenvalue weighted by molar-refractivity contribution is 5.66. The molecule has 0 aromatic heterocycles. The first-order valence-electron chi connectivity index (χ1n) is 15.6. The molecule has 4 saturated carbocycles. The van der Waals surface area contributed by atoms with Crippen molar-refractivity contribution in [3.8, 4) is 0 Å². The van der Waals surface area contributed by atoms with Crippen molar-refractivity contribution in [1.82, 2.24) is 0 Å². The summed E-state index contributed by atoms with van der Waals surface area (Å²) in [6, 6.07) is 0. The normalized spacial score (nSPS) is 49.3. The fourth-order valence-electron chi connectivity index (χ4n) is 11.5. The van der Waals surface area contributed by atoms with E-state index >= 15 is 0 Å². The third-order valence-electron chi connectivity index (χ3n) is 14.0. The van der Waals surface area contributed by atoms with Gasteiger partial charge in [-0.25, -0.2) is 0 Å². The molecule has 4 fully saturated rings. The summed E-state index contributed by atoms with van der Waals surface area (Å²) in [6.45, 7) is 21.2. The molecule has 0 N–H and O–H groups in total. The second kappa shape index (κ2) is 9.10. The summed E-state index contributed by atoms with van der Waals surface area (Å²) in [5.74, 6) is 2.73. The van der Waals surface area contributed by atoms with Gasteiger partial charge in [-0.05, 0) is 104 Å². The zero-order valence-corrected chi connectivity index (χ0v) is 25.7. The molecule has 0 spiro atoms. The van der Waals surface area contributed by atoms with Gasteiger partial charge in [0.25, 0.3) is 0 Å². The Morgan fingerprint density at radius 3 is 2.24 bits per heavy atom. The van der Waals surface area contributed by atoms with E-state index in [1.807, 2.05) is 0 Å². The molecule has 0 heterocycles. The van der Waals surface area contributed by atoms with Crippen molar-refractivity contribution in [3.63, 3.8) is 0 Å². The molecule has 0 amide bonds. The monoisotopic (exact) mass is 526 g/mol. The Bertz CT molecular complexity index is 1010. The van der Waals surface area contributed by atoms with Gasteiger partial charge in [0.15, 0.2) is 0 Å². The van der Waals surface area contributed by atoms with Crippen LogP contribution in [0.4, 0.5) is 0 Å². The summed E-state index contributed by atoms with van der Waals surface area (Å²) in [5.41, 5.74) is 2.47. The molecule has 0 aliphatic heterocycles. The smallest absolute Gasteiger partial charge is 0.302 e. The molecule has 0 aromatic rings. The summed E-state index contributed by atoms with van der Waals surface area (Å²) in [4.78, 5) is 23.9. The Hall–Kier alpha value is -1.32. The molecule has 214 valence electrons. The minimum atomic E-state index is -0.139. The van der Waals surface area contributed by atoms with Crippen molar-refractivity contribution in [2.75, 3.05) is 6.61 Å². The first-order valence-corrected chi connectivity index (χ1v) is 15.6. The van der Waals surface area contributed by atoms with E-state index in [4.69, 9.17) is 9.47 Å². The Labute approximate surface area is 232 Å². The predicted octanol–water partition coefficient (Wildman–Crippen LogP) is 8.14. The van der Waals surface area contributed by atoms with Gasteiger partial charge in [0, 0.05) is 24.7 Å². The third kappa shape index (κ3) is 3.80. The number of hydrogen-bond acceptors (Lipinski definition) is 4. The summed E-state index contributed by atoms with van der Waals surface area (Å²) in [5, 5.41) is 0. The lowest BCUT2D eigenvalue weighted by molar-refractivity contribution is -0.214. The van der Waals surface area contributed by atoms with Crippen LogP contribution >= 0.6 is 0 Å². The summed E-state index contributed by atoms with van der Waals surface area (Å²) >= 11 is 0. The molecule has 4 heteroatoms. The Morgan fingerprint density at radius 2 is 1.58 bits per heavy atom. The highest BCUT2D eigenvalue weighted by atomic mass is 16.5. The molecule has 10 atom stereocenters. The van der Waals surface area contributed by atoms with Crippen LogP contribution in [0.15, 0.2) is 11.6 Å². The van der Waals surface area contributed by atoms with Crippen LogP contribution in [0, 0.1) is 56.7 Å². The molecule has 5 aliphatic rings. The number of carbonyl (C=O) groups excluding carboxylic acids is 2. The molecule has 5 aliphatic carbocycles. The average Bonchev–Trinajstić information content (AvgIpc) is 2.82. The lowest BCUT2D eigenvalue weighted by Gasteiger charge is -2.71.